The van der Waals surface area contributed by atoms with Crippen LogP contribution in [0.4, 0.5) is 22.7 Å². The number of ether oxygens (including phenoxy) is 1. The van der Waals surface area contributed by atoms with E-state index in [1.807, 2.05) is 19.1 Å². The highest BCUT2D eigenvalue weighted by Crippen LogP contribution is 2.34. The fourth-order valence-electron chi connectivity index (χ4n) is 4.77. The molecule has 0 saturated carbocycles. The summed E-state index contributed by atoms with van der Waals surface area (Å²) in [7, 11) is 2.15. The van der Waals surface area contributed by atoms with E-state index in [2.05, 4.69) is 50.0 Å². The number of H-pyrrole nitrogens is 1. The van der Waals surface area contributed by atoms with Gasteiger partial charge in [0.25, 0.3) is 11.5 Å². The van der Waals surface area contributed by atoms with Gasteiger partial charge < -0.3 is 30.6 Å². The third-order valence-electron chi connectivity index (χ3n) is 6.67. The molecule has 1 unspecified atom stereocenters. The summed E-state index contributed by atoms with van der Waals surface area (Å²) in [5, 5.41) is 9.37. The molecule has 182 valence electrons. The second kappa shape index (κ2) is 9.79. The molecule has 5 rings (SSSR count). The molecule has 4 heterocycles. The van der Waals surface area contributed by atoms with Gasteiger partial charge in [-0.15, -0.1) is 0 Å². The quantitative estimate of drug-likeness (QED) is 0.446. The Bertz CT molecular complexity index is 1290. The Labute approximate surface area is 203 Å². The lowest BCUT2D eigenvalue weighted by Crippen LogP contribution is -2.30. The maximum absolute atomic E-state index is 13.2. The van der Waals surface area contributed by atoms with Crippen LogP contribution in [0.3, 0.4) is 0 Å². The molecule has 3 aromatic rings. The zero-order chi connectivity index (χ0) is 24.4. The molecule has 1 saturated heterocycles. The number of carbonyl (C=O) groups excluding carboxylic acids is 1. The fraction of sp³-hybridized carbons (Fsp3) is 0.346. The van der Waals surface area contributed by atoms with Gasteiger partial charge in [-0.1, -0.05) is 12.1 Å². The maximum Gasteiger partial charge on any atom is 0.263 e. The van der Waals surface area contributed by atoms with Crippen LogP contribution in [0, 0.1) is 6.92 Å². The monoisotopic (exact) mass is 474 g/mol. The molecule has 9 nitrogen and oxygen atoms in total. The van der Waals surface area contributed by atoms with Crippen molar-refractivity contribution in [3.8, 4) is 5.88 Å². The van der Waals surface area contributed by atoms with E-state index < -0.39 is 11.5 Å². The first-order valence-electron chi connectivity index (χ1n) is 11.9. The predicted molar refractivity (Wildman–Crippen MR) is 137 cm³/mol. The van der Waals surface area contributed by atoms with Crippen LogP contribution in [-0.2, 0) is 0 Å². The minimum atomic E-state index is -0.482. The van der Waals surface area contributed by atoms with Crippen LogP contribution in [0.25, 0.3) is 0 Å². The van der Waals surface area contributed by atoms with E-state index in [0.29, 0.717) is 42.0 Å². The van der Waals surface area contributed by atoms with Gasteiger partial charge in [0.05, 0.1) is 17.6 Å². The summed E-state index contributed by atoms with van der Waals surface area (Å²) < 4.78 is 5.59. The number of aromatic nitrogens is 2. The van der Waals surface area contributed by atoms with Crippen molar-refractivity contribution in [3.05, 3.63) is 69.8 Å². The molecule has 0 aliphatic carbocycles. The minimum Gasteiger partial charge on any atom is -0.474 e. The van der Waals surface area contributed by atoms with Crippen molar-refractivity contribution in [2.45, 2.75) is 25.7 Å². The summed E-state index contributed by atoms with van der Waals surface area (Å²) >= 11 is 0. The van der Waals surface area contributed by atoms with Crippen LogP contribution in [0.15, 0.2) is 47.5 Å². The van der Waals surface area contributed by atoms with E-state index in [1.165, 1.54) is 24.6 Å². The summed E-state index contributed by atoms with van der Waals surface area (Å²) in [6, 6.07) is 9.59. The standard InChI is InChI=1S/C26H30N6O3/c1-16-21(14-29-26-23(16)27-11-13-35-26)31-20-9-10-28-24(33)22(20)25(34)30-19-7-5-17(6-8-19)18-4-3-12-32(2)15-18/h5-10,14,18,27H,3-4,11-13,15H2,1-2H3,(H,30,34)(H2,28,31,33). The Morgan fingerprint density at radius 2 is 2.03 bits per heavy atom. The highest BCUT2D eigenvalue weighted by atomic mass is 16.5. The van der Waals surface area contributed by atoms with Gasteiger partial charge in [-0.25, -0.2) is 4.98 Å². The molecule has 2 aliphatic heterocycles. The molecule has 35 heavy (non-hydrogen) atoms. The van der Waals surface area contributed by atoms with Gasteiger partial charge in [0, 0.05) is 30.5 Å². The number of likely N-dealkylation sites (tertiary alicyclic amines) is 1. The number of amides is 1. The first-order chi connectivity index (χ1) is 17.0. The topological polar surface area (TPSA) is 111 Å². The number of likely N-dealkylation sites (N-methyl/N-ethyl adjacent to an activating group) is 1. The molecule has 1 aromatic carbocycles. The number of anilines is 4. The Hall–Kier alpha value is -3.85. The number of piperidine rings is 1. The first kappa shape index (κ1) is 22.9. The number of nitrogens with zero attached hydrogens (tertiary/aromatic N) is 2. The van der Waals surface area contributed by atoms with Gasteiger partial charge in [-0.05, 0) is 63.0 Å². The van der Waals surface area contributed by atoms with Crippen molar-refractivity contribution in [1.29, 1.82) is 0 Å². The number of nitrogens with one attached hydrogen (secondary N) is 4. The lowest BCUT2D eigenvalue weighted by Gasteiger charge is -2.30. The lowest BCUT2D eigenvalue weighted by molar-refractivity contribution is 0.102. The van der Waals surface area contributed by atoms with Gasteiger partial charge in [-0.2, -0.15) is 0 Å². The van der Waals surface area contributed by atoms with Gasteiger partial charge in [0.2, 0.25) is 5.88 Å². The summed E-state index contributed by atoms with van der Waals surface area (Å²) in [5.74, 6) is 0.565. The molecule has 4 N–H and O–H groups in total. The highest BCUT2D eigenvalue weighted by molar-refractivity contribution is 6.08. The molecular weight excluding hydrogens is 444 g/mol. The van der Waals surface area contributed by atoms with Crippen molar-refractivity contribution in [2.24, 2.45) is 0 Å². The molecule has 1 fully saturated rings. The number of hydrogen-bond donors (Lipinski definition) is 4. The molecule has 9 heteroatoms. The van der Waals surface area contributed by atoms with Crippen molar-refractivity contribution in [3.63, 3.8) is 0 Å². The second-order valence-electron chi connectivity index (χ2n) is 9.15. The number of aromatic amines is 1. The smallest absolute Gasteiger partial charge is 0.263 e. The van der Waals surface area contributed by atoms with Crippen molar-refractivity contribution >= 4 is 28.7 Å². The maximum atomic E-state index is 13.2. The van der Waals surface area contributed by atoms with Gasteiger partial charge >= 0.3 is 0 Å². The van der Waals surface area contributed by atoms with Crippen molar-refractivity contribution in [2.75, 3.05) is 49.2 Å². The Morgan fingerprint density at radius 3 is 2.83 bits per heavy atom. The van der Waals surface area contributed by atoms with Crippen LogP contribution in [-0.4, -0.2) is 54.1 Å². The largest absolute Gasteiger partial charge is 0.474 e. The van der Waals surface area contributed by atoms with E-state index in [1.54, 1.807) is 12.3 Å². The average Bonchev–Trinajstić information content (AvgIpc) is 2.86. The lowest BCUT2D eigenvalue weighted by atomic mass is 9.91. The Balaban J connectivity index is 1.35. The molecule has 1 amide bonds. The minimum absolute atomic E-state index is 0.00631. The molecule has 2 aliphatic rings. The van der Waals surface area contributed by atoms with Gasteiger partial charge in [-0.3, -0.25) is 9.59 Å². The van der Waals surface area contributed by atoms with Crippen molar-refractivity contribution < 1.29 is 9.53 Å². The van der Waals surface area contributed by atoms with Gasteiger partial charge in [0.1, 0.15) is 17.9 Å². The van der Waals surface area contributed by atoms with Crippen LogP contribution >= 0.6 is 0 Å². The highest BCUT2D eigenvalue weighted by Gasteiger charge is 2.21. The number of carbonyl (C=O) groups is 1. The molecule has 0 bridgehead atoms. The molecule has 1 atom stereocenters. The number of fused-ring (bicyclic) bond motifs is 1. The Morgan fingerprint density at radius 1 is 1.20 bits per heavy atom. The number of rotatable bonds is 5. The molecule has 2 aromatic heterocycles. The molecule has 0 spiro atoms. The zero-order valence-electron chi connectivity index (χ0n) is 20.0. The second-order valence-corrected chi connectivity index (χ2v) is 9.15. The van der Waals surface area contributed by atoms with E-state index in [9.17, 15) is 9.59 Å². The van der Waals surface area contributed by atoms with E-state index in [-0.39, 0.29) is 5.56 Å². The summed E-state index contributed by atoms with van der Waals surface area (Å²) in [6.45, 7) is 5.36. The zero-order valence-corrected chi connectivity index (χ0v) is 20.0. The van der Waals surface area contributed by atoms with E-state index in [0.717, 1.165) is 24.3 Å². The average molecular weight is 475 g/mol. The fourth-order valence-corrected chi connectivity index (χ4v) is 4.77. The Kier molecular flexibility index (Phi) is 6.41. The number of hydrogen-bond acceptors (Lipinski definition) is 7. The van der Waals surface area contributed by atoms with E-state index in [4.69, 9.17) is 4.74 Å². The van der Waals surface area contributed by atoms with Crippen LogP contribution in [0.1, 0.15) is 40.2 Å². The van der Waals surface area contributed by atoms with Gasteiger partial charge in [0.15, 0.2) is 0 Å². The number of pyridine rings is 2. The van der Waals surface area contributed by atoms with Crippen LogP contribution < -0.4 is 26.2 Å². The third kappa shape index (κ3) is 4.85. The van der Waals surface area contributed by atoms with E-state index >= 15 is 0 Å². The summed E-state index contributed by atoms with van der Waals surface area (Å²) in [6.07, 6.45) is 5.52. The first-order valence-corrected chi connectivity index (χ1v) is 11.9. The van der Waals surface area contributed by atoms with Crippen molar-refractivity contribution in [1.82, 2.24) is 14.9 Å². The third-order valence-corrected chi connectivity index (χ3v) is 6.67. The normalized spacial score (nSPS) is 17.6. The summed E-state index contributed by atoms with van der Waals surface area (Å²) in [4.78, 5) is 35.1. The SMILES string of the molecule is Cc1c(Nc2cc[nH]c(=O)c2C(=O)Nc2ccc(C3CCCN(C)C3)cc2)cnc2c1NCCO2. The predicted octanol–water partition coefficient (Wildman–Crippen LogP) is 3.69. The number of benzene rings is 1. The summed E-state index contributed by atoms with van der Waals surface area (Å²) in [5.41, 5.74) is 4.23. The van der Waals surface area contributed by atoms with Crippen LogP contribution in [0.5, 0.6) is 5.88 Å². The molecule has 0 radical (unpaired) electrons. The van der Waals surface area contributed by atoms with Crippen LogP contribution in [0.2, 0.25) is 0 Å². The molecular formula is C26H30N6O3.